The first-order valence-corrected chi connectivity index (χ1v) is 11.2. The molecule has 3 rings (SSSR count). The Balaban J connectivity index is 1.74. The minimum atomic E-state index is -0.115. The number of aliphatic hydroxyl groups excluding tert-OH is 1. The second-order valence-corrected chi connectivity index (χ2v) is 8.87. The quantitative estimate of drug-likeness (QED) is 0.624. The molecule has 2 aliphatic rings. The molecule has 1 aliphatic heterocycles. The normalized spacial score (nSPS) is 25.5. The summed E-state index contributed by atoms with van der Waals surface area (Å²) in [7, 11) is 0. The first-order valence-electron chi connectivity index (χ1n) is 11.2. The summed E-state index contributed by atoms with van der Waals surface area (Å²) < 4.78 is 0. The molecule has 1 heterocycles. The van der Waals surface area contributed by atoms with Crippen LogP contribution in [-0.2, 0) is 0 Å². The standard InChI is InChI=1S/C24H37N3O2/c1-4-7-18-10-12-20(13-11-18)23-21(14-25-24(29)26-17(2)3)27(22(23)16-28)15-19-8-5-6-9-19/h4,7,10-13,17,19,21-23,28H,5-6,8-9,14-16H2,1-3H3,(H2,25,26,29)/b7-4+/t21-,22+,23+/m0/s1. The van der Waals surface area contributed by atoms with E-state index in [1.165, 1.54) is 36.8 Å². The van der Waals surface area contributed by atoms with E-state index in [1.807, 2.05) is 26.8 Å². The molecule has 1 aliphatic carbocycles. The zero-order chi connectivity index (χ0) is 20.8. The van der Waals surface area contributed by atoms with Gasteiger partial charge < -0.3 is 15.7 Å². The average Bonchev–Trinajstić information content (AvgIpc) is 3.19. The third-order valence-electron chi connectivity index (χ3n) is 6.38. The number of benzene rings is 1. The van der Waals surface area contributed by atoms with Crippen LogP contribution < -0.4 is 10.6 Å². The maximum absolute atomic E-state index is 12.2. The molecule has 3 atom stereocenters. The van der Waals surface area contributed by atoms with Crippen molar-refractivity contribution in [2.24, 2.45) is 5.92 Å². The molecule has 3 N–H and O–H groups in total. The Morgan fingerprint density at radius 3 is 2.48 bits per heavy atom. The highest BCUT2D eigenvalue weighted by molar-refractivity contribution is 5.74. The van der Waals surface area contributed by atoms with Crippen LogP contribution in [0.5, 0.6) is 0 Å². The zero-order valence-electron chi connectivity index (χ0n) is 18.1. The van der Waals surface area contributed by atoms with Gasteiger partial charge in [-0.25, -0.2) is 4.79 Å². The van der Waals surface area contributed by atoms with Crippen molar-refractivity contribution in [3.8, 4) is 0 Å². The average molecular weight is 400 g/mol. The number of likely N-dealkylation sites (tertiary alicyclic amines) is 1. The summed E-state index contributed by atoms with van der Waals surface area (Å²) in [5.41, 5.74) is 2.43. The molecule has 1 saturated carbocycles. The summed E-state index contributed by atoms with van der Waals surface area (Å²) in [6.45, 7) is 7.73. The van der Waals surface area contributed by atoms with Crippen molar-refractivity contribution in [1.82, 2.24) is 15.5 Å². The number of hydrogen-bond acceptors (Lipinski definition) is 3. The van der Waals surface area contributed by atoms with E-state index < -0.39 is 0 Å². The van der Waals surface area contributed by atoms with Crippen LogP contribution >= 0.6 is 0 Å². The van der Waals surface area contributed by atoms with Crippen molar-refractivity contribution >= 4 is 12.1 Å². The first kappa shape index (κ1) is 21.8. The lowest BCUT2D eigenvalue weighted by Gasteiger charge is -2.56. The van der Waals surface area contributed by atoms with Gasteiger partial charge in [-0.3, -0.25) is 4.90 Å². The van der Waals surface area contributed by atoms with E-state index in [9.17, 15) is 9.90 Å². The molecular formula is C24H37N3O2. The fourth-order valence-corrected chi connectivity index (χ4v) is 5.01. The number of amides is 2. The molecular weight excluding hydrogens is 362 g/mol. The maximum Gasteiger partial charge on any atom is 0.315 e. The third kappa shape index (κ3) is 5.40. The molecule has 0 aromatic heterocycles. The molecule has 2 fully saturated rings. The van der Waals surface area contributed by atoms with Crippen molar-refractivity contribution in [3.63, 3.8) is 0 Å². The summed E-state index contributed by atoms with van der Waals surface area (Å²) >= 11 is 0. The number of allylic oxidation sites excluding steroid dienone is 1. The van der Waals surface area contributed by atoms with E-state index in [-0.39, 0.29) is 36.7 Å². The monoisotopic (exact) mass is 399 g/mol. The molecule has 5 nitrogen and oxygen atoms in total. The molecule has 5 heteroatoms. The maximum atomic E-state index is 12.2. The van der Waals surface area contributed by atoms with Crippen LogP contribution in [0.4, 0.5) is 4.79 Å². The van der Waals surface area contributed by atoms with E-state index >= 15 is 0 Å². The summed E-state index contributed by atoms with van der Waals surface area (Å²) in [5, 5.41) is 16.1. The van der Waals surface area contributed by atoms with Crippen molar-refractivity contribution in [1.29, 1.82) is 0 Å². The summed E-state index contributed by atoms with van der Waals surface area (Å²) in [6.07, 6.45) is 9.33. The van der Waals surface area contributed by atoms with E-state index in [0.29, 0.717) is 12.5 Å². The van der Waals surface area contributed by atoms with E-state index in [2.05, 4.69) is 45.9 Å². The molecule has 0 radical (unpaired) electrons. The van der Waals surface area contributed by atoms with Crippen LogP contribution in [0.1, 0.15) is 63.5 Å². The number of hydrogen-bond donors (Lipinski definition) is 3. The van der Waals surface area contributed by atoms with Gasteiger partial charge in [0.1, 0.15) is 0 Å². The lowest BCUT2D eigenvalue weighted by molar-refractivity contribution is -0.0503. The van der Waals surface area contributed by atoms with Gasteiger partial charge in [-0.15, -0.1) is 0 Å². The highest BCUT2D eigenvalue weighted by Crippen LogP contribution is 2.42. The second-order valence-electron chi connectivity index (χ2n) is 8.87. The van der Waals surface area contributed by atoms with Crippen molar-refractivity contribution in [2.75, 3.05) is 19.7 Å². The number of aliphatic hydroxyl groups is 1. The summed E-state index contributed by atoms with van der Waals surface area (Å²) in [6, 6.07) is 8.98. The lowest BCUT2D eigenvalue weighted by atomic mass is 9.74. The number of carbonyl (C=O) groups is 1. The Kier molecular flexibility index (Phi) is 7.73. The second kappa shape index (κ2) is 10.3. The van der Waals surface area contributed by atoms with Crippen LogP contribution in [0.25, 0.3) is 6.08 Å². The number of urea groups is 1. The van der Waals surface area contributed by atoms with Gasteiger partial charge in [-0.1, -0.05) is 49.3 Å². The van der Waals surface area contributed by atoms with Crippen LogP contribution in [0.15, 0.2) is 30.3 Å². The Hall–Kier alpha value is -1.85. The highest BCUT2D eigenvalue weighted by Gasteiger charge is 2.49. The fourth-order valence-electron chi connectivity index (χ4n) is 5.01. The van der Waals surface area contributed by atoms with E-state index in [4.69, 9.17) is 0 Å². The molecule has 160 valence electrons. The van der Waals surface area contributed by atoms with Gasteiger partial charge in [-0.2, -0.15) is 0 Å². The molecule has 1 aromatic carbocycles. The molecule has 0 unspecified atom stereocenters. The Morgan fingerprint density at radius 2 is 1.90 bits per heavy atom. The van der Waals surface area contributed by atoms with Gasteiger partial charge in [0.15, 0.2) is 0 Å². The highest BCUT2D eigenvalue weighted by atomic mass is 16.3. The minimum Gasteiger partial charge on any atom is -0.395 e. The number of rotatable bonds is 8. The number of carbonyl (C=O) groups excluding carboxylic acids is 1. The summed E-state index contributed by atoms with van der Waals surface area (Å²) in [4.78, 5) is 14.6. The predicted molar refractivity (Wildman–Crippen MR) is 119 cm³/mol. The Labute approximate surface area is 175 Å². The van der Waals surface area contributed by atoms with Crippen LogP contribution in [0.3, 0.4) is 0 Å². The SMILES string of the molecule is C/C=C/c1ccc([C@H]2[C@@H](CO)N(CC3CCCC3)[C@H]2CNC(=O)NC(C)C)cc1. The molecule has 1 aromatic rings. The van der Waals surface area contributed by atoms with Crippen molar-refractivity contribution in [3.05, 3.63) is 41.5 Å². The van der Waals surface area contributed by atoms with Gasteiger partial charge in [-0.05, 0) is 50.7 Å². The zero-order valence-corrected chi connectivity index (χ0v) is 18.1. The van der Waals surface area contributed by atoms with Crippen molar-refractivity contribution < 1.29 is 9.90 Å². The van der Waals surface area contributed by atoms with Gasteiger partial charge >= 0.3 is 6.03 Å². The molecule has 0 bridgehead atoms. The van der Waals surface area contributed by atoms with Gasteiger partial charge in [0.25, 0.3) is 0 Å². The number of nitrogens with one attached hydrogen (secondary N) is 2. The van der Waals surface area contributed by atoms with Gasteiger partial charge in [0.05, 0.1) is 6.61 Å². The van der Waals surface area contributed by atoms with Crippen LogP contribution in [-0.4, -0.2) is 53.9 Å². The van der Waals surface area contributed by atoms with E-state index in [0.717, 1.165) is 6.54 Å². The van der Waals surface area contributed by atoms with Crippen LogP contribution in [0, 0.1) is 5.92 Å². The molecule has 29 heavy (non-hydrogen) atoms. The minimum absolute atomic E-state index is 0.115. The largest absolute Gasteiger partial charge is 0.395 e. The molecule has 0 spiro atoms. The summed E-state index contributed by atoms with van der Waals surface area (Å²) in [5.74, 6) is 0.953. The van der Waals surface area contributed by atoms with Crippen molar-refractivity contribution in [2.45, 2.75) is 70.5 Å². The lowest BCUT2D eigenvalue weighted by Crippen LogP contribution is -2.67. The fraction of sp³-hybridized carbons (Fsp3) is 0.625. The van der Waals surface area contributed by atoms with Gasteiger partial charge in [0, 0.05) is 37.1 Å². The first-order chi connectivity index (χ1) is 14.0. The Bertz CT molecular complexity index is 680. The predicted octanol–water partition coefficient (Wildman–Crippen LogP) is 3.75. The molecule has 2 amide bonds. The van der Waals surface area contributed by atoms with Crippen LogP contribution in [0.2, 0.25) is 0 Å². The van der Waals surface area contributed by atoms with Gasteiger partial charge in [0.2, 0.25) is 0 Å². The smallest absolute Gasteiger partial charge is 0.315 e. The molecule has 1 saturated heterocycles. The van der Waals surface area contributed by atoms with E-state index in [1.54, 1.807) is 0 Å². The number of nitrogens with zero attached hydrogens (tertiary/aromatic N) is 1. The third-order valence-corrected chi connectivity index (χ3v) is 6.38. The Morgan fingerprint density at radius 1 is 1.21 bits per heavy atom. The topological polar surface area (TPSA) is 64.6 Å².